The van der Waals surface area contributed by atoms with E-state index in [1.165, 1.54) is 64.2 Å². The van der Waals surface area contributed by atoms with Gasteiger partial charge in [0.25, 0.3) is 0 Å². The third-order valence-corrected chi connectivity index (χ3v) is 9.42. The van der Waals surface area contributed by atoms with E-state index in [1.54, 1.807) is 0 Å². The Bertz CT molecular complexity index is 214. The molecule has 0 N–H and O–H groups in total. The molecule has 0 saturated heterocycles. The van der Waals surface area contributed by atoms with Crippen LogP contribution in [0.3, 0.4) is 0 Å². The summed E-state index contributed by atoms with van der Waals surface area (Å²) >= 11 is 0. The normalized spacial score (nSPS) is 25.1. The summed E-state index contributed by atoms with van der Waals surface area (Å²) in [6.45, 7) is 0. The molecule has 0 radical (unpaired) electrons. The second-order valence-corrected chi connectivity index (χ2v) is 9.69. The van der Waals surface area contributed by atoms with Crippen molar-refractivity contribution in [3.63, 3.8) is 0 Å². The van der Waals surface area contributed by atoms with Crippen molar-refractivity contribution in [2.24, 2.45) is 0 Å². The van der Waals surface area contributed by atoms with Gasteiger partial charge in [-0.2, -0.15) is 0 Å². The fourth-order valence-corrected chi connectivity index (χ4v) is 7.96. The average Bonchev–Trinajstić information content (AvgIpc) is 3.16. The molecule has 0 unspecified atom stereocenters. The van der Waals surface area contributed by atoms with Crippen molar-refractivity contribution < 1.29 is 8.85 Å². The smallest absolute Gasteiger partial charge is 0.344 e. The lowest BCUT2D eigenvalue weighted by atomic mass is 10.1. The van der Waals surface area contributed by atoms with Crippen LogP contribution in [0.5, 0.6) is 0 Å². The summed E-state index contributed by atoms with van der Waals surface area (Å²) in [6, 6.07) is 0. The SMILES string of the molecule is CO[Si](OC)(C1CCCCCCCC1)C1CC1. The van der Waals surface area contributed by atoms with Gasteiger partial charge in [-0.25, -0.2) is 0 Å². The van der Waals surface area contributed by atoms with Gasteiger partial charge in [0, 0.05) is 25.3 Å². The molecule has 100 valence electrons. The van der Waals surface area contributed by atoms with Crippen LogP contribution in [0.4, 0.5) is 0 Å². The molecule has 0 aromatic carbocycles. The van der Waals surface area contributed by atoms with Crippen LogP contribution in [0.25, 0.3) is 0 Å². The molecule has 2 fully saturated rings. The van der Waals surface area contributed by atoms with Gasteiger partial charge in [-0.15, -0.1) is 0 Å². The van der Waals surface area contributed by atoms with E-state index >= 15 is 0 Å². The molecule has 17 heavy (non-hydrogen) atoms. The maximum atomic E-state index is 6.00. The van der Waals surface area contributed by atoms with E-state index in [0.29, 0.717) is 0 Å². The first-order valence-corrected chi connectivity index (χ1v) is 9.41. The van der Waals surface area contributed by atoms with Gasteiger partial charge in [0.1, 0.15) is 0 Å². The van der Waals surface area contributed by atoms with E-state index in [4.69, 9.17) is 8.85 Å². The lowest BCUT2D eigenvalue weighted by Gasteiger charge is -2.35. The van der Waals surface area contributed by atoms with Crippen LogP contribution in [0.1, 0.15) is 64.2 Å². The third kappa shape index (κ3) is 3.12. The van der Waals surface area contributed by atoms with Crippen molar-refractivity contribution in [2.45, 2.75) is 75.3 Å². The lowest BCUT2D eigenvalue weighted by molar-refractivity contribution is 0.219. The highest BCUT2D eigenvalue weighted by atomic mass is 28.4. The van der Waals surface area contributed by atoms with Crippen LogP contribution >= 0.6 is 0 Å². The van der Waals surface area contributed by atoms with Crippen LogP contribution in [0.2, 0.25) is 11.1 Å². The predicted octanol–water partition coefficient (Wildman–Crippen LogP) is 4.39. The van der Waals surface area contributed by atoms with Gasteiger partial charge in [0.05, 0.1) is 0 Å². The standard InChI is InChI=1S/C14H28O2Si/c1-15-17(16-2,14-11-12-14)13-9-7-5-3-4-6-8-10-13/h13-14H,3-12H2,1-2H3. The molecule has 0 amide bonds. The number of hydrogen-bond donors (Lipinski definition) is 0. The molecule has 2 nitrogen and oxygen atoms in total. The van der Waals surface area contributed by atoms with Gasteiger partial charge >= 0.3 is 8.56 Å². The van der Waals surface area contributed by atoms with Crippen LogP contribution < -0.4 is 0 Å². The van der Waals surface area contributed by atoms with Crippen LogP contribution in [-0.2, 0) is 8.85 Å². The van der Waals surface area contributed by atoms with E-state index in [-0.39, 0.29) is 0 Å². The zero-order valence-corrected chi connectivity index (χ0v) is 12.5. The Morgan fingerprint density at radius 2 is 1.06 bits per heavy atom. The van der Waals surface area contributed by atoms with Crippen molar-refractivity contribution in [3.05, 3.63) is 0 Å². The summed E-state index contributed by atoms with van der Waals surface area (Å²) in [4.78, 5) is 0. The van der Waals surface area contributed by atoms with Gasteiger partial charge in [0.2, 0.25) is 0 Å². The minimum Gasteiger partial charge on any atom is -0.397 e. The average molecular weight is 256 g/mol. The van der Waals surface area contributed by atoms with Gasteiger partial charge in [0.15, 0.2) is 0 Å². The fraction of sp³-hybridized carbons (Fsp3) is 1.00. The Morgan fingerprint density at radius 1 is 0.647 bits per heavy atom. The van der Waals surface area contributed by atoms with Crippen molar-refractivity contribution in [3.8, 4) is 0 Å². The molecule has 2 saturated carbocycles. The zero-order valence-electron chi connectivity index (χ0n) is 11.5. The highest BCUT2D eigenvalue weighted by Gasteiger charge is 2.55. The Hall–Kier alpha value is 0.137. The molecule has 0 aromatic heterocycles. The monoisotopic (exact) mass is 256 g/mol. The summed E-state index contributed by atoms with van der Waals surface area (Å²) in [7, 11) is 1.92. The summed E-state index contributed by atoms with van der Waals surface area (Å²) in [5.41, 5.74) is 1.55. The molecule has 0 aliphatic heterocycles. The molecular weight excluding hydrogens is 228 g/mol. The summed E-state index contributed by atoms with van der Waals surface area (Å²) < 4.78 is 12.0. The molecule has 0 aromatic rings. The van der Waals surface area contributed by atoms with Gasteiger partial charge in [-0.1, -0.05) is 38.5 Å². The Morgan fingerprint density at radius 3 is 1.47 bits per heavy atom. The van der Waals surface area contributed by atoms with Crippen molar-refractivity contribution in [1.82, 2.24) is 0 Å². The largest absolute Gasteiger partial charge is 0.397 e. The maximum Gasteiger partial charge on any atom is 0.344 e. The molecule has 2 rings (SSSR count). The summed E-state index contributed by atoms with van der Waals surface area (Å²) in [6.07, 6.45) is 13.9. The fourth-order valence-electron chi connectivity index (χ4n) is 3.60. The minimum atomic E-state index is -1.89. The molecule has 0 spiro atoms. The van der Waals surface area contributed by atoms with Crippen molar-refractivity contribution in [2.75, 3.05) is 14.2 Å². The first-order chi connectivity index (χ1) is 8.33. The molecule has 2 aliphatic rings. The van der Waals surface area contributed by atoms with Crippen molar-refractivity contribution >= 4 is 8.56 Å². The van der Waals surface area contributed by atoms with Crippen LogP contribution in [0.15, 0.2) is 0 Å². The molecule has 0 bridgehead atoms. The van der Waals surface area contributed by atoms with E-state index in [0.717, 1.165) is 11.1 Å². The molecule has 0 atom stereocenters. The number of hydrogen-bond acceptors (Lipinski definition) is 2. The summed E-state index contributed by atoms with van der Waals surface area (Å²) in [5, 5.41) is 0. The Labute approximate surface area is 107 Å². The van der Waals surface area contributed by atoms with Gasteiger partial charge in [-0.3, -0.25) is 0 Å². The van der Waals surface area contributed by atoms with E-state index in [1.807, 2.05) is 14.2 Å². The van der Waals surface area contributed by atoms with Crippen LogP contribution in [0, 0.1) is 0 Å². The first kappa shape index (κ1) is 13.6. The minimum absolute atomic E-state index is 0.753. The second-order valence-electron chi connectivity index (χ2n) is 5.80. The lowest BCUT2D eigenvalue weighted by Crippen LogP contribution is -2.46. The Balaban J connectivity index is 2.03. The summed E-state index contributed by atoms with van der Waals surface area (Å²) in [5.74, 6) is 0. The Kier molecular flexibility index (Phi) is 5.06. The quantitative estimate of drug-likeness (QED) is 0.695. The van der Waals surface area contributed by atoms with E-state index < -0.39 is 8.56 Å². The predicted molar refractivity (Wildman–Crippen MR) is 73.4 cm³/mol. The topological polar surface area (TPSA) is 18.5 Å². The van der Waals surface area contributed by atoms with E-state index in [9.17, 15) is 0 Å². The highest BCUT2D eigenvalue weighted by molar-refractivity contribution is 6.71. The molecule has 0 heterocycles. The van der Waals surface area contributed by atoms with Crippen molar-refractivity contribution in [1.29, 1.82) is 0 Å². The zero-order chi connectivity index (χ0) is 12.1. The van der Waals surface area contributed by atoms with Gasteiger partial charge < -0.3 is 8.85 Å². The van der Waals surface area contributed by atoms with Crippen LogP contribution in [-0.4, -0.2) is 22.8 Å². The third-order valence-electron chi connectivity index (χ3n) is 4.71. The molecule has 3 heteroatoms. The van der Waals surface area contributed by atoms with E-state index in [2.05, 4.69) is 0 Å². The number of rotatable bonds is 4. The maximum absolute atomic E-state index is 6.00. The van der Waals surface area contributed by atoms with Gasteiger partial charge in [-0.05, 0) is 25.7 Å². The molecule has 2 aliphatic carbocycles. The first-order valence-electron chi connectivity index (χ1n) is 7.44. The molecular formula is C14H28O2Si. The second kappa shape index (κ2) is 6.35. The highest BCUT2D eigenvalue weighted by Crippen LogP contribution is 2.53.